The van der Waals surface area contributed by atoms with E-state index >= 15 is 0 Å². The minimum absolute atomic E-state index is 0.614. The average Bonchev–Trinajstić information content (AvgIpc) is 2.99. The van der Waals surface area contributed by atoms with E-state index in [1.807, 2.05) is 12.1 Å². The standard InChI is InChI=1S/C17H17Cl2NOS/c1-11-6-8-20(9-7-11)17(22)16-5-4-15(21-16)13-10-12(18)2-3-14(13)19/h2-5,10-11H,6-9H2,1H3. The summed E-state index contributed by atoms with van der Waals surface area (Å²) in [4.78, 5) is 2.99. The Labute approximate surface area is 146 Å². The second-order valence-corrected chi connectivity index (χ2v) is 6.99. The third kappa shape index (κ3) is 3.32. The van der Waals surface area contributed by atoms with Gasteiger partial charge in [0.2, 0.25) is 0 Å². The summed E-state index contributed by atoms with van der Waals surface area (Å²) in [6.45, 7) is 4.27. The normalized spacial score (nSPS) is 16.0. The quantitative estimate of drug-likeness (QED) is 0.648. The van der Waals surface area contributed by atoms with E-state index in [0.29, 0.717) is 15.8 Å². The molecule has 1 aliphatic rings. The van der Waals surface area contributed by atoms with Gasteiger partial charge in [0.15, 0.2) is 5.76 Å². The van der Waals surface area contributed by atoms with E-state index < -0.39 is 0 Å². The predicted molar refractivity (Wildman–Crippen MR) is 95.8 cm³/mol. The van der Waals surface area contributed by atoms with Gasteiger partial charge in [-0.1, -0.05) is 42.3 Å². The van der Waals surface area contributed by atoms with Gasteiger partial charge in [-0.2, -0.15) is 0 Å². The van der Waals surface area contributed by atoms with E-state index in [1.54, 1.807) is 18.2 Å². The number of benzene rings is 1. The van der Waals surface area contributed by atoms with Crippen LogP contribution >= 0.6 is 35.4 Å². The molecule has 0 atom stereocenters. The van der Waals surface area contributed by atoms with Crippen molar-refractivity contribution in [1.82, 2.24) is 4.90 Å². The lowest BCUT2D eigenvalue weighted by atomic mass is 9.99. The summed E-state index contributed by atoms with van der Waals surface area (Å²) in [5.74, 6) is 2.18. The first-order valence-corrected chi connectivity index (χ1v) is 8.55. The summed E-state index contributed by atoms with van der Waals surface area (Å²) in [6, 6.07) is 9.14. The number of hydrogen-bond donors (Lipinski definition) is 0. The summed E-state index contributed by atoms with van der Waals surface area (Å²) >= 11 is 17.8. The molecule has 2 aromatic rings. The minimum Gasteiger partial charge on any atom is -0.454 e. The van der Waals surface area contributed by atoms with Crippen LogP contribution in [0.15, 0.2) is 34.7 Å². The van der Waals surface area contributed by atoms with Crippen LogP contribution in [0.3, 0.4) is 0 Å². The van der Waals surface area contributed by atoms with Gasteiger partial charge in [-0.05, 0) is 49.1 Å². The lowest BCUT2D eigenvalue weighted by Gasteiger charge is -2.31. The maximum atomic E-state index is 6.22. The first-order chi connectivity index (χ1) is 10.5. The van der Waals surface area contributed by atoms with Crippen LogP contribution in [-0.2, 0) is 0 Å². The van der Waals surface area contributed by atoms with Gasteiger partial charge in [-0.3, -0.25) is 0 Å². The predicted octanol–water partition coefficient (Wildman–Crippen LogP) is 5.66. The monoisotopic (exact) mass is 353 g/mol. The van der Waals surface area contributed by atoms with Gasteiger partial charge in [-0.15, -0.1) is 0 Å². The average molecular weight is 354 g/mol. The molecule has 0 amide bonds. The van der Waals surface area contributed by atoms with Crippen LogP contribution in [0.4, 0.5) is 0 Å². The molecule has 116 valence electrons. The van der Waals surface area contributed by atoms with Gasteiger partial charge < -0.3 is 9.32 Å². The number of piperidine rings is 1. The third-order valence-corrected chi connectivity index (χ3v) is 5.11. The third-order valence-electron chi connectivity index (χ3n) is 4.08. The lowest BCUT2D eigenvalue weighted by molar-refractivity contribution is 0.281. The van der Waals surface area contributed by atoms with Crippen molar-refractivity contribution < 1.29 is 4.42 Å². The van der Waals surface area contributed by atoms with E-state index in [1.165, 1.54) is 12.8 Å². The summed E-state index contributed by atoms with van der Waals surface area (Å²) in [5, 5.41) is 1.24. The minimum atomic E-state index is 0.614. The smallest absolute Gasteiger partial charge is 0.162 e. The van der Waals surface area contributed by atoms with Crippen LogP contribution < -0.4 is 0 Å². The first kappa shape index (κ1) is 15.9. The molecule has 0 saturated carbocycles. The van der Waals surface area contributed by atoms with Crippen molar-refractivity contribution in [2.24, 2.45) is 5.92 Å². The van der Waals surface area contributed by atoms with Gasteiger partial charge in [0.1, 0.15) is 10.7 Å². The van der Waals surface area contributed by atoms with Crippen molar-refractivity contribution in [3.63, 3.8) is 0 Å². The second-order valence-electron chi connectivity index (χ2n) is 5.76. The fraction of sp³-hybridized carbons (Fsp3) is 0.353. The van der Waals surface area contributed by atoms with Crippen molar-refractivity contribution in [3.05, 3.63) is 46.1 Å². The zero-order valence-corrected chi connectivity index (χ0v) is 14.6. The zero-order chi connectivity index (χ0) is 15.7. The van der Waals surface area contributed by atoms with E-state index in [-0.39, 0.29) is 0 Å². The molecule has 0 aliphatic carbocycles. The number of likely N-dealkylation sites (tertiary alicyclic amines) is 1. The highest BCUT2D eigenvalue weighted by atomic mass is 35.5. The van der Waals surface area contributed by atoms with Gasteiger partial charge in [0, 0.05) is 23.7 Å². The van der Waals surface area contributed by atoms with E-state index in [2.05, 4.69) is 11.8 Å². The van der Waals surface area contributed by atoms with E-state index in [0.717, 1.165) is 35.3 Å². The molecule has 2 heterocycles. The van der Waals surface area contributed by atoms with Crippen LogP contribution in [0.2, 0.25) is 10.0 Å². The van der Waals surface area contributed by atoms with Gasteiger partial charge in [-0.25, -0.2) is 0 Å². The van der Waals surface area contributed by atoms with Crippen molar-refractivity contribution in [2.75, 3.05) is 13.1 Å². The van der Waals surface area contributed by atoms with Crippen molar-refractivity contribution in [3.8, 4) is 11.3 Å². The Kier molecular flexibility index (Phi) is 4.76. The molecule has 5 heteroatoms. The molecule has 2 nitrogen and oxygen atoms in total. The lowest BCUT2D eigenvalue weighted by Crippen LogP contribution is -2.37. The number of rotatable bonds is 2. The van der Waals surface area contributed by atoms with Crippen LogP contribution in [0, 0.1) is 5.92 Å². The first-order valence-electron chi connectivity index (χ1n) is 7.39. The Bertz CT molecular complexity index is 690. The van der Waals surface area contributed by atoms with E-state index in [4.69, 9.17) is 39.8 Å². The Morgan fingerprint density at radius 2 is 1.91 bits per heavy atom. The molecular weight excluding hydrogens is 337 g/mol. The Balaban J connectivity index is 1.81. The van der Waals surface area contributed by atoms with Gasteiger partial charge >= 0.3 is 0 Å². The van der Waals surface area contributed by atoms with Crippen LogP contribution in [0.25, 0.3) is 11.3 Å². The van der Waals surface area contributed by atoms with Crippen molar-refractivity contribution >= 4 is 40.4 Å². The molecule has 3 rings (SSSR count). The van der Waals surface area contributed by atoms with Gasteiger partial charge in [0.25, 0.3) is 0 Å². The highest BCUT2D eigenvalue weighted by molar-refractivity contribution is 7.80. The maximum absolute atomic E-state index is 6.22. The topological polar surface area (TPSA) is 16.4 Å². The van der Waals surface area contributed by atoms with Crippen molar-refractivity contribution in [1.29, 1.82) is 0 Å². The Morgan fingerprint density at radius 3 is 2.64 bits per heavy atom. The number of furan rings is 1. The molecule has 1 aromatic carbocycles. The fourth-order valence-electron chi connectivity index (χ4n) is 2.65. The zero-order valence-electron chi connectivity index (χ0n) is 12.3. The number of nitrogens with zero attached hydrogens (tertiary/aromatic N) is 1. The number of thiocarbonyl (C=S) groups is 1. The molecule has 0 radical (unpaired) electrons. The fourth-order valence-corrected chi connectivity index (χ4v) is 3.33. The van der Waals surface area contributed by atoms with Crippen LogP contribution in [-0.4, -0.2) is 23.0 Å². The molecule has 22 heavy (non-hydrogen) atoms. The molecule has 1 fully saturated rings. The Hall–Kier alpha value is -1.03. The van der Waals surface area contributed by atoms with Crippen molar-refractivity contribution in [2.45, 2.75) is 19.8 Å². The highest BCUT2D eigenvalue weighted by Gasteiger charge is 2.21. The molecule has 0 spiro atoms. The molecule has 1 aromatic heterocycles. The summed E-state index contributed by atoms with van der Waals surface area (Å²) in [5.41, 5.74) is 0.787. The van der Waals surface area contributed by atoms with Gasteiger partial charge in [0.05, 0.1) is 5.02 Å². The highest BCUT2D eigenvalue weighted by Crippen LogP contribution is 2.32. The number of halogens is 2. The SMILES string of the molecule is CC1CCN(C(=S)c2ccc(-c3cc(Cl)ccc3Cl)o2)CC1. The second kappa shape index (κ2) is 6.61. The van der Waals surface area contributed by atoms with Crippen LogP contribution in [0.5, 0.6) is 0 Å². The summed E-state index contributed by atoms with van der Waals surface area (Å²) in [6.07, 6.45) is 2.35. The maximum Gasteiger partial charge on any atom is 0.162 e. The molecule has 1 saturated heterocycles. The molecular formula is C17H17Cl2NOS. The summed E-state index contributed by atoms with van der Waals surface area (Å²) in [7, 11) is 0. The summed E-state index contributed by atoms with van der Waals surface area (Å²) < 4.78 is 5.92. The molecule has 1 aliphatic heterocycles. The van der Waals surface area contributed by atoms with Crippen LogP contribution in [0.1, 0.15) is 25.5 Å². The Morgan fingerprint density at radius 1 is 1.18 bits per heavy atom. The molecule has 0 N–H and O–H groups in total. The number of hydrogen-bond acceptors (Lipinski definition) is 2. The van der Waals surface area contributed by atoms with E-state index in [9.17, 15) is 0 Å². The molecule has 0 unspecified atom stereocenters. The molecule has 0 bridgehead atoms. The largest absolute Gasteiger partial charge is 0.454 e.